The fourth-order valence-electron chi connectivity index (χ4n) is 2.99. The van der Waals surface area contributed by atoms with Gasteiger partial charge in [-0.05, 0) is 50.9 Å². The van der Waals surface area contributed by atoms with Crippen LogP contribution in [-0.2, 0) is 11.2 Å². The fourth-order valence-corrected chi connectivity index (χ4v) is 4.08. The molecule has 124 valence electrons. The maximum absolute atomic E-state index is 12.0. The summed E-state index contributed by atoms with van der Waals surface area (Å²) in [7, 11) is 0. The maximum atomic E-state index is 12.0. The quantitative estimate of drug-likeness (QED) is 0.771. The standard InChI is InChI=1S/C17H27ClN2OS/c1-2-3-11-20-12-5-4-6-14(20)13-19-17(21)10-8-15-7-9-16(18)22-15/h7,9,14H,2-6,8,10-13H2,1H3,(H,19,21). The largest absolute Gasteiger partial charge is 0.355 e. The first kappa shape index (κ1) is 17.8. The van der Waals surface area contributed by atoms with Gasteiger partial charge in [0.1, 0.15) is 0 Å². The van der Waals surface area contributed by atoms with Gasteiger partial charge in [-0.3, -0.25) is 9.69 Å². The summed E-state index contributed by atoms with van der Waals surface area (Å²) < 4.78 is 0.796. The molecule has 1 aromatic rings. The van der Waals surface area contributed by atoms with Crippen molar-refractivity contribution in [1.29, 1.82) is 0 Å². The van der Waals surface area contributed by atoms with Crippen molar-refractivity contribution in [1.82, 2.24) is 10.2 Å². The fraction of sp³-hybridized carbons (Fsp3) is 0.706. The van der Waals surface area contributed by atoms with Gasteiger partial charge >= 0.3 is 0 Å². The monoisotopic (exact) mass is 342 g/mol. The zero-order chi connectivity index (χ0) is 15.8. The Morgan fingerprint density at radius 3 is 3.05 bits per heavy atom. The maximum Gasteiger partial charge on any atom is 0.220 e. The van der Waals surface area contributed by atoms with Crippen LogP contribution >= 0.6 is 22.9 Å². The number of hydrogen-bond acceptors (Lipinski definition) is 3. The Hall–Kier alpha value is -0.580. The van der Waals surface area contributed by atoms with Crippen LogP contribution in [0.25, 0.3) is 0 Å². The number of hydrogen-bond donors (Lipinski definition) is 1. The molecule has 1 amide bonds. The summed E-state index contributed by atoms with van der Waals surface area (Å²) >= 11 is 7.47. The molecule has 22 heavy (non-hydrogen) atoms. The number of carbonyl (C=O) groups is 1. The molecular formula is C17H27ClN2OS. The number of unbranched alkanes of at least 4 members (excludes halogenated alkanes) is 1. The van der Waals surface area contributed by atoms with Gasteiger partial charge in [-0.2, -0.15) is 0 Å². The molecule has 3 nitrogen and oxygen atoms in total. The molecule has 1 unspecified atom stereocenters. The highest BCUT2D eigenvalue weighted by Gasteiger charge is 2.22. The number of carbonyl (C=O) groups excluding carboxylic acids is 1. The molecule has 1 aliphatic rings. The van der Waals surface area contributed by atoms with Gasteiger partial charge < -0.3 is 5.32 Å². The average Bonchev–Trinajstić information content (AvgIpc) is 2.95. The van der Waals surface area contributed by atoms with Crippen LogP contribution < -0.4 is 5.32 Å². The lowest BCUT2D eigenvalue weighted by Gasteiger charge is -2.35. The summed E-state index contributed by atoms with van der Waals surface area (Å²) in [6.07, 6.45) is 7.63. The van der Waals surface area contributed by atoms with E-state index >= 15 is 0 Å². The molecule has 0 spiro atoms. The number of nitrogens with zero attached hydrogens (tertiary/aromatic N) is 1. The zero-order valence-corrected chi connectivity index (χ0v) is 15.0. The van der Waals surface area contributed by atoms with E-state index in [1.54, 1.807) is 11.3 Å². The lowest BCUT2D eigenvalue weighted by atomic mass is 10.0. The van der Waals surface area contributed by atoms with Crippen molar-refractivity contribution in [2.45, 2.75) is 57.9 Å². The minimum atomic E-state index is 0.158. The molecule has 0 aliphatic carbocycles. The highest BCUT2D eigenvalue weighted by molar-refractivity contribution is 7.16. The van der Waals surface area contributed by atoms with Gasteiger partial charge in [-0.15, -0.1) is 11.3 Å². The summed E-state index contributed by atoms with van der Waals surface area (Å²) in [6.45, 7) is 5.39. The van der Waals surface area contributed by atoms with Gasteiger partial charge in [-0.25, -0.2) is 0 Å². The minimum Gasteiger partial charge on any atom is -0.355 e. The minimum absolute atomic E-state index is 0.158. The molecule has 1 aromatic heterocycles. The summed E-state index contributed by atoms with van der Waals surface area (Å²) in [6, 6.07) is 4.43. The van der Waals surface area contributed by atoms with Gasteiger partial charge in [0.05, 0.1) is 4.34 Å². The molecule has 1 saturated heterocycles. The Labute approximate surface area is 143 Å². The molecule has 0 bridgehead atoms. The molecule has 1 atom stereocenters. The van der Waals surface area contributed by atoms with E-state index in [4.69, 9.17) is 11.6 Å². The molecule has 0 saturated carbocycles. The van der Waals surface area contributed by atoms with E-state index in [1.165, 1.54) is 50.1 Å². The van der Waals surface area contributed by atoms with E-state index in [1.807, 2.05) is 12.1 Å². The van der Waals surface area contributed by atoms with E-state index < -0.39 is 0 Å². The van der Waals surface area contributed by atoms with E-state index in [-0.39, 0.29) is 5.91 Å². The van der Waals surface area contributed by atoms with Crippen LogP contribution in [0.4, 0.5) is 0 Å². The van der Waals surface area contributed by atoms with Crippen molar-refractivity contribution in [3.05, 3.63) is 21.3 Å². The topological polar surface area (TPSA) is 32.3 Å². The third-order valence-electron chi connectivity index (χ3n) is 4.31. The van der Waals surface area contributed by atoms with Gasteiger partial charge in [0.2, 0.25) is 5.91 Å². The first-order valence-corrected chi connectivity index (χ1v) is 9.63. The van der Waals surface area contributed by atoms with Crippen LogP contribution in [0.1, 0.15) is 50.3 Å². The molecule has 5 heteroatoms. The van der Waals surface area contributed by atoms with Crippen molar-refractivity contribution in [2.24, 2.45) is 0 Å². The van der Waals surface area contributed by atoms with Crippen molar-refractivity contribution in [2.75, 3.05) is 19.6 Å². The Balaban J connectivity index is 1.69. The molecule has 1 fully saturated rings. The van der Waals surface area contributed by atoms with Gasteiger partial charge in [0.15, 0.2) is 0 Å². The number of aryl methyl sites for hydroxylation is 1. The normalized spacial score (nSPS) is 19.3. The Morgan fingerprint density at radius 1 is 1.45 bits per heavy atom. The molecule has 0 radical (unpaired) electrons. The molecule has 2 rings (SSSR count). The van der Waals surface area contributed by atoms with Gasteiger partial charge in [0.25, 0.3) is 0 Å². The second kappa shape index (κ2) is 9.53. The predicted octanol–water partition coefficient (Wildman–Crippen LogP) is 4.10. The Bertz CT molecular complexity index is 463. The van der Waals surface area contributed by atoms with E-state index in [2.05, 4.69) is 17.1 Å². The average molecular weight is 343 g/mol. The van der Waals surface area contributed by atoms with Crippen LogP contribution in [0.2, 0.25) is 4.34 Å². The Kier molecular flexibility index (Phi) is 7.70. The predicted molar refractivity (Wildman–Crippen MR) is 94.8 cm³/mol. The highest BCUT2D eigenvalue weighted by Crippen LogP contribution is 2.22. The van der Waals surface area contributed by atoms with E-state index in [0.29, 0.717) is 12.5 Å². The van der Waals surface area contributed by atoms with Crippen molar-refractivity contribution < 1.29 is 4.79 Å². The molecule has 1 aliphatic heterocycles. The highest BCUT2D eigenvalue weighted by atomic mass is 35.5. The summed E-state index contributed by atoms with van der Waals surface area (Å²) in [5.74, 6) is 0.158. The van der Waals surface area contributed by atoms with Crippen LogP contribution in [-0.4, -0.2) is 36.5 Å². The summed E-state index contributed by atoms with van der Waals surface area (Å²) in [5.41, 5.74) is 0. The number of rotatable bonds is 8. The summed E-state index contributed by atoms with van der Waals surface area (Å²) in [4.78, 5) is 15.8. The van der Waals surface area contributed by atoms with Crippen LogP contribution in [0.3, 0.4) is 0 Å². The number of likely N-dealkylation sites (tertiary alicyclic amines) is 1. The van der Waals surface area contributed by atoms with Gasteiger partial charge in [-0.1, -0.05) is 31.4 Å². The number of amides is 1. The van der Waals surface area contributed by atoms with Crippen molar-refractivity contribution in [3.63, 3.8) is 0 Å². The van der Waals surface area contributed by atoms with Crippen molar-refractivity contribution >= 4 is 28.8 Å². The second-order valence-electron chi connectivity index (χ2n) is 6.05. The third kappa shape index (κ3) is 5.90. The number of halogens is 1. The number of thiophene rings is 1. The van der Waals surface area contributed by atoms with Crippen LogP contribution in [0.5, 0.6) is 0 Å². The first-order chi connectivity index (χ1) is 10.7. The lowest BCUT2D eigenvalue weighted by molar-refractivity contribution is -0.121. The molecule has 1 N–H and O–H groups in total. The second-order valence-corrected chi connectivity index (χ2v) is 7.85. The zero-order valence-electron chi connectivity index (χ0n) is 13.4. The van der Waals surface area contributed by atoms with E-state index in [0.717, 1.165) is 17.3 Å². The van der Waals surface area contributed by atoms with Crippen molar-refractivity contribution in [3.8, 4) is 0 Å². The summed E-state index contributed by atoms with van der Waals surface area (Å²) in [5, 5.41) is 3.13. The lowest BCUT2D eigenvalue weighted by Crippen LogP contribution is -2.47. The smallest absolute Gasteiger partial charge is 0.220 e. The SMILES string of the molecule is CCCCN1CCCCC1CNC(=O)CCc1ccc(Cl)s1. The van der Waals surface area contributed by atoms with Crippen LogP contribution in [0.15, 0.2) is 12.1 Å². The van der Waals surface area contributed by atoms with Gasteiger partial charge in [0, 0.05) is 23.9 Å². The Morgan fingerprint density at radius 2 is 2.32 bits per heavy atom. The number of piperidine rings is 1. The molecule has 2 heterocycles. The molecule has 0 aromatic carbocycles. The van der Waals surface area contributed by atoms with E-state index in [9.17, 15) is 4.79 Å². The number of nitrogens with one attached hydrogen (secondary N) is 1. The first-order valence-electron chi connectivity index (χ1n) is 8.44. The third-order valence-corrected chi connectivity index (χ3v) is 5.60. The molecular weight excluding hydrogens is 316 g/mol. The van der Waals surface area contributed by atoms with Crippen LogP contribution in [0, 0.1) is 0 Å².